The number of ether oxygens (including phenoxy) is 1. The number of ketones is 2. The molecule has 1 heterocycles. The predicted octanol–water partition coefficient (Wildman–Crippen LogP) is 1.61. The monoisotopic (exact) mass is 234 g/mol. The first-order valence-electron chi connectivity index (χ1n) is 5.43. The highest BCUT2D eigenvalue weighted by atomic mass is 16.5. The number of carbonyl (C=O) groups is 2. The van der Waals surface area contributed by atoms with E-state index in [0.29, 0.717) is 16.9 Å². The van der Waals surface area contributed by atoms with E-state index in [1.54, 1.807) is 25.1 Å². The van der Waals surface area contributed by atoms with E-state index >= 15 is 0 Å². The Labute approximate surface area is 99.2 Å². The maximum absolute atomic E-state index is 11.9. The molecule has 0 aromatic heterocycles. The van der Waals surface area contributed by atoms with Crippen LogP contribution in [0.3, 0.4) is 0 Å². The van der Waals surface area contributed by atoms with Crippen molar-refractivity contribution in [2.45, 2.75) is 25.9 Å². The Morgan fingerprint density at radius 2 is 2.24 bits per heavy atom. The average molecular weight is 234 g/mol. The van der Waals surface area contributed by atoms with Gasteiger partial charge in [0.25, 0.3) is 0 Å². The minimum atomic E-state index is -0.859. The van der Waals surface area contributed by atoms with Gasteiger partial charge in [0.2, 0.25) is 0 Å². The van der Waals surface area contributed by atoms with Crippen LogP contribution in [-0.4, -0.2) is 28.9 Å². The third-order valence-corrected chi connectivity index (χ3v) is 2.91. The standard InChI is InChI=1S/C13H14O4/c1-8(15)9-3-4-12-10(5-9)11(16)6-13(2,7-14)17-12/h3-5,14H,6-7H2,1-2H3/t13-/m1/s1. The van der Waals surface area contributed by atoms with Crippen LogP contribution in [0.5, 0.6) is 5.75 Å². The lowest BCUT2D eigenvalue weighted by molar-refractivity contribution is 0.0109. The molecule has 1 atom stereocenters. The van der Waals surface area contributed by atoms with Gasteiger partial charge in [-0.1, -0.05) is 0 Å². The topological polar surface area (TPSA) is 63.6 Å². The van der Waals surface area contributed by atoms with Gasteiger partial charge in [0.15, 0.2) is 11.6 Å². The number of carbonyl (C=O) groups excluding carboxylic acids is 2. The fraction of sp³-hybridized carbons (Fsp3) is 0.385. The molecular weight excluding hydrogens is 220 g/mol. The third-order valence-electron chi connectivity index (χ3n) is 2.91. The molecule has 0 saturated heterocycles. The number of hydrogen-bond acceptors (Lipinski definition) is 4. The molecule has 1 aromatic carbocycles. The molecule has 4 nitrogen and oxygen atoms in total. The molecule has 2 rings (SSSR count). The summed E-state index contributed by atoms with van der Waals surface area (Å²) in [5.74, 6) is 0.241. The highest BCUT2D eigenvalue weighted by molar-refractivity contribution is 6.03. The first-order chi connectivity index (χ1) is 7.95. The summed E-state index contributed by atoms with van der Waals surface area (Å²) in [7, 11) is 0. The molecule has 0 spiro atoms. The number of aliphatic hydroxyl groups is 1. The van der Waals surface area contributed by atoms with Crippen molar-refractivity contribution in [3.8, 4) is 5.75 Å². The summed E-state index contributed by atoms with van der Waals surface area (Å²) in [6.07, 6.45) is 0.123. The second-order valence-electron chi connectivity index (χ2n) is 4.58. The van der Waals surface area contributed by atoms with Crippen LogP contribution < -0.4 is 4.74 Å². The minimum Gasteiger partial charge on any atom is -0.484 e. The van der Waals surface area contributed by atoms with Crippen LogP contribution in [0.4, 0.5) is 0 Å². The highest BCUT2D eigenvalue weighted by Gasteiger charge is 2.36. The average Bonchev–Trinajstić information content (AvgIpc) is 2.28. The van der Waals surface area contributed by atoms with Crippen molar-refractivity contribution >= 4 is 11.6 Å². The van der Waals surface area contributed by atoms with Crippen molar-refractivity contribution < 1.29 is 19.4 Å². The third kappa shape index (κ3) is 2.08. The van der Waals surface area contributed by atoms with Gasteiger partial charge in [-0.2, -0.15) is 0 Å². The Morgan fingerprint density at radius 3 is 2.82 bits per heavy atom. The summed E-state index contributed by atoms with van der Waals surface area (Å²) in [5.41, 5.74) is 0.0545. The molecule has 0 saturated carbocycles. The molecule has 0 amide bonds. The minimum absolute atomic E-state index is 0.0870. The highest BCUT2D eigenvalue weighted by Crippen LogP contribution is 2.33. The number of benzene rings is 1. The van der Waals surface area contributed by atoms with Crippen molar-refractivity contribution in [1.29, 1.82) is 0 Å². The van der Waals surface area contributed by atoms with E-state index in [0.717, 1.165) is 0 Å². The van der Waals surface area contributed by atoms with Gasteiger partial charge in [-0.3, -0.25) is 9.59 Å². The molecule has 4 heteroatoms. The summed E-state index contributed by atoms with van der Waals surface area (Å²) < 4.78 is 5.59. The summed E-state index contributed by atoms with van der Waals surface area (Å²) >= 11 is 0. The SMILES string of the molecule is CC(=O)c1ccc2c(c1)C(=O)C[C@](C)(CO)O2. The van der Waals surface area contributed by atoms with Gasteiger partial charge >= 0.3 is 0 Å². The summed E-state index contributed by atoms with van der Waals surface area (Å²) in [5, 5.41) is 9.21. The smallest absolute Gasteiger partial charge is 0.170 e. The van der Waals surface area contributed by atoms with Gasteiger partial charge in [-0.25, -0.2) is 0 Å². The maximum atomic E-state index is 11.9. The van der Waals surface area contributed by atoms with Crippen LogP contribution in [0.15, 0.2) is 18.2 Å². The number of fused-ring (bicyclic) bond motifs is 1. The summed E-state index contributed by atoms with van der Waals surface area (Å²) in [6.45, 7) is 2.92. The van der Waals surface area contributed by atoms with Crippen LogP contribution in [0.1, 0.15) is 41.0 Å². The number of aliphatic hydroxyl groups excluding tert-OH is 1. The van der Waals surface area contributed by atoms with Crippen LogP contribution in [0.2, 0.25) is 0 Å². The second-order valence-corrected chi connectivity index (χ2v) is 4.58. The van der Waals surface area contributed by atoms with E-state index in [-0.39, 0.29) is 24.6 Å². The van der Waals surface area contributed by atoms with Crippen molar-refractivity contribution in [2.24, 2.45) is 0 Å². The molecular formula is C13H14O4. The molecule has 17 heavy (non-hydrogen) atoms. The molecule has 1 aliphatic heterocycles. The zero-order chi connectivity index (χ0) is 12.6. The number of rotatable bonds is 2. The van der Waals surface area contributed by atoms with E-state index in [2.05, 4.69) is 0 Å². The summed E-state index contributed by atoms with van der Waals surface area (Å²) in [4.78, 5) is 23.2. The van der Waals surface area contributed by atoms with E-state index in [1.165, 1.54) is 6.92 Å². The molecule has 0 radical (unpaired) electrons. The molecule has 0 bridgehead atoms. The molecule has 90 valence electrons. The molecule has 1 aromatic rings. The zero-order valence-corrected chi connectivity index (χ0v) is 9.82. The Bertz CT molecular complexity index is 492. The Balaban J connectivity index is 2.45. The van der Waals surface area contributed by atoms with Gasteiger partial charge in [0.05, 0.1) is 18.6 Å². The quantitative estimate of drug-likeness (QED) is 0.789. The molecule has 0 fully saturated rings. The lowest BCUT2D eigenvalue weighted by atomic mass is 9.91. The number of Topliss-reactive ketones (excluding diaryl/α,β-unsaturated/α-hetero) is 2. The van der Waals surface area contributed by atoms with Crippen molar-refractivity contribution in [2.75, 3.05) is 6.61 Å². The predicted molar refractivity (Wildman–Crippen MR) is 61.5 cm³/mol. The Morgan fingerprint density at radius 1 is 1.53 bits per heavy atom. The van der Waals surface area contributed by atoms with Crippen molar-refractivity contribution in [3.63, 3.8) is 0 Å². The largest absolute Gasteiger partial charge is 0.484 e. The Hall–Kier alpha value is -1.68. The maximum Gasteiger partial charge on any atom is 0.170 e. The lowest BCUT2D eigenvalue weighted by Crippen LogP contribution is -2.42. The van der Waals surface area contributed by atoms with Gasteiger partial charge in [-0.05, 0) is 32.0 Å². The van der Waals surface area contributed by atoms with Crippen molar-refractivity contribution in [1.82, 2.24) is 0 Å². The van der Waals surface area contributed by atoms with E-state index in [4.69, 9.17) is 4.74 Å². The molecule has 1 aliphatic rings. The van der Waals surface area contributed by atoms with Gasteiger partial charge < -0.3 is 9.84 Å². The van der Waals surface area contributed by atoms with Crippen molar-refractivity contribution in [3.05, 3.63) is 29.3 Å². The zero-order valence-electron chi connectivity index (χ0n) is 9.82. The Kier molecular flexibility index (Phi) is 2.75. The second kappa shape index (κ2) is 3.96. The van der Waals surface area contributed by atoms with Crippen LogP contribution in [0.25, 0.3) is 0 Å². The summed E-state index contributed by atoms with van der Waals surface area (Å²) in [6, 6.07) is 4.78. The van der Waals surface area contributed by atoms with E-state index in [1.807, 2.05) is 0 Å². The van der Waals surface area contributed by atoms with Crippen LogP contribution in [-0.2, 0) is 0 Å². The van der Waals surface area contributed by atoms with Gasteiger partial charge in [0, 0.05) is 5.56 Å². The first-order valence-corrected chi connectivity index (χ1v) is 5.43. The van der Waals surface area contributed by atoms with E-state index < -0.39 is 5.60 Å². The molecule has 0 unspecified atom stereocenters. The number of hydrogen-bond donors (Lipinski definition) is 1. The van der Waals surface area contributed by atoms with Gasteiger partial charge in [-0.15, -0.1) is 0 Å². The first kappa shape index (κ1) is 11.8. The molecule has 0 aliphatic carbocycles. The fourth-order valence-corrected chi connectivity index (χ4v) is 1.88. The lowest BCUT2D eigenvalue weighted by Gasteiger charge is -2.33. The van der Waals surface area contributed by atoms with Gasteiger partial charge in [0.1, 0.15) is 11.4 Å². The normalized spacial score (nSPS) is 22.9. The van der Waals surface area contributed by atoms with Crippen LogP contribution in [0, 0.1) is 0 Å². The van der Waals surface area contributed by atoms with Crippen LogP contribution >= 0.6 is 0 Å². The van der Waals surface area contributed by atoms with E-state index in [9.17, 15) is 14.7 Å². The molecule has 1 N–H and O–H groups in total. The fourth-order valence-electron chi connectivity index (χ4n) is 1.88.